The Balaban J connectivity index is 1.33. The molecule has 2 aromatic rings. The Morgan fingerprint density at radius 2 is 1.68 bits per heavy atom. The average molecular weight is 527 g/mol. The summed E-state index contributed by atoms with van der Waals surface area (Å²) in [6.07, 6.45) is 0.521. The Kier molecular flexibility index (Phi) is 8.51. The first kappa shape index (κ1) is 26.3. The van der Waals surface area contributed by atoms with E-state index in [1.807, 2.05) is 41.0 Å². The van der Waals surface area contributed by atoms with Crippen molar-refractivity contribution in [3.63, 3.8) is 0 Å². The molecule has 2 saturated heterocycles. The summed E-state index contributed by atoms with van der Waals surface area (Å²) < 4.78 is 5.32. The number of piperazine rings is 1. The van der Waals surface area contributed by atoms with Crippen molar-refractivity contribution in [1.82, 2.24) is 10.2 Å². The first-order valence-electron chi connectivity index (χ1n) is 12.2. The summed E-state index contributed by atoms with van der Waals surface area (Å²) in [6.45, 7) is 6.91. The van der Waals surface area contributed by atoms with Crippen LogP contribution < -0.4 is 20.4 Å². The summed E-state index contributed by atoms with van der Waals surface area (Å²) in [4.78, 5) is 41.8. The SMILES string of the molecule is CCC(=O)N1CCN(c2ccc(NC(=S)NC(=O)c3ccc(N4CCOCC4)c([N+](=O)[O-])c3)cc2)CC1. The number of carbonyl (C=O) groups excluding carboxylic acids is 2. The standard InChI is InChI=1S/C25H30N6O5S/c1-2-23(32)30-11-9-28(10-12-30)20-6-4-19(5-7-20)26-25(37)27-24(33)18-3-8-21(22(17-18)31(34)35)29-13-15-36-16-14-29/h3-8,17H,2,9-16H2,1H3,(H2,26,27,33,37). The number of nitro groups is 1. The van der Waals surface area contributed by atoms with Gasteiger partial charge in [0.1, 0.15) is 5.69 Å². The monoisotopic (exact) mass is 526 g/mol. The number of thiocarbonyl (C=S) groups is 1. The molecule has 0 saturated carbocycles. The van der Waals surface area contributed by atoms with E-state index in [9.17, 15) is 19.7 Å². The summed E-state index contributed by atoms with van der Waals surface area (Å²) in [5.41, 5.74) is 2.20. The molecule has 2 heterocycles. The predicted molar refractivity (Wildman–Crippen MR) is 145 cm³/mol. The van der Waals surface area contributed by atoms with Gasteiger partial charge in [0.05, 0.1) is 18.1 Å². The molecular weight excluding hydrogens is 496 g/mol. The van der Waals surface area contributed by atoms with E-state index >= 15 is 0 Å². The van der Waals surface area contributed by atoms with Crippen LogP contribution in [-0.2, 0) is 9.53 Å². The minimum Gasteiger partial charge on any atom is -0.378 e. The van der Waals surface area contributed by atoms with E-state index in [1.165, 1.54) is 6.07 Å². The van der Waals surface area contributed by atoms with Crippen LogP contribution in [0.3, 0.4) is 0 Å². The molecule has 2 amide bonds. The fourth-order valence-electron chi connectivity index (χ4n) is 4.41. The number of nitrogens with one attached hydrogen (secondary N) is 2. The largest absolute Gasteiger partial charge is 0.378 e. The zero-order chi connectivity index (χ0) is 26.4. The van der Waals surface area contributed by atoms with Crippen molar-refractivity contribution in [3.8, 4) is 0 Å². The molecule has 0 radical (unpaired) electrons. The van der Waals surface area contributed by atoms with E-state index in [2.05, 4.69) is 15.5 Å². The molecule has 0 spiro atoms. The maximum atomic E-state index is 12.7. The predicted octanol–water partition coefficient (Wildman–Crippen LogP) is 2.62. The van der Waals surface area contributed by atoms with Gasteiger partial charge in [-0.05, 0) is 48.6 Å². The van der Waals surface area contributed by atoms with Gasteiger partial charge in [0, 0.05) is 68.7 Å². The molecule has 2 fully saturated rings. The van der Waals surface area contributed by atoms with Crippen molar-refractivity contribution in [2.24, 2.45) is 0 Å². The molecule has 2 aliphatic rings. The van der Waals surface area contributed by atoms with Gasteiger partial charge in [0.2, 0.25) is 5.91 Å². The topological polar surface area (TPSA) is 120 Å². The average Bonchev–Trinajstić information content (AvgIpc) is 2.93. The molecule has 0 aliphatic carbocycles. The number of amides is 2. The number of hydrogen-bond acceptors (Lipinski definition) is 8. The summed E-state index contributed by atoms with van der Waals surface area (Å²) in [6, 6.07) is 12.0. The highest BCUT2D eigenvalue weighted by Gasteiger charge is 2.24. The first-order valence-corrected chi connectivity index (χ1v) is 12.6. The minimum atomic E-state index is -0.537. The molecule has 0 bridgehead atoms. The maximum Gasteiger partial charge on any atom is 0.293 e. The van der Waals surface area contributed by atoms with Crippen LogP contribution in [0.1, 0.15) is 23.7 Å². The zero-order valence-electron chi connectivity index (χ0n) is 20.6. The second kappa shape index (κ2) is 12.0. The quantitative estimate of drug-likeness (QED) is 0.332. The molecule has 0 unspecified atom stereocenters. The zero-order valence-corrected chi connectivity index (χ0v) is 21.5. The lowest BCUT2D eigenvalue weighted by molar-refractivity contribution is -0.384. The van der Waals surface area contributed by atoms with E-state index in [0.717, 1.165) is 18.8 Å². The van der Waals surface area contributed by atoms with Gasteiger partial charge < -0.3 is 24.8 Å². The highest BCUT2D eigenvalue weighted by Crippen LogP contribution is 2.30. The van der Waals surface area contributed by atoms with Crippen LogP contribution in [0.2, 0.25) is 0 Å². The van der Waals surface area contributed by atoms with Gasteiger partial charge >= 0.3 is 0 Å². The molecule has 196 valence electrons. The first-order chi connectivity index (χ1) is 17.9. The lowest BCUT2D eigenvalue weighted by atomic mass is 10.1. The number of carbonyl (C=O) groups is 2. The second-order valence-electron chi connectivity index (χ2n) is 8.74. The van der Waals surface area contributed by atoms with Gasteiger partial charge in [-0.25, -0.2) is 0 Å². The van der Waals surface area contributed by atoms with Gasteiger partial charge in [-0.3, -0.25) is 25.0 Å². The Bertz CT molecular complexity index is 1160. The summed E-state index contributed by atoms with van der Waals surface area (Å²) in [7, 11) is 0. The Morgan fingerprint density at radius 1 is 1.00 bits per heavy atom. The van der Waals surface area contributed by atoms with Crippen molar-refractivity contribution in [2.45, 2.75) is 13.3 Å². The lowest BCUT2D eigenvalue weighted by Crippen LogP contribution is -2.48. The Morgan fingerprint density at radius 3 is 2.30 bits per heavy atom. The third kappa shape index (κ3) is 6.52. The number of anilines is 3. The van der Waals surface area contributed by atoms with E-state index < -0.39 is 10.8 Å². The minimum absolute atomic E-state index is 0.0874. The molecule has 37 heavy (non-hydrogen) atoms. The molecule has 11 nitrogen and oxygen atoms in total. The van der Waals surface area contributed by atoms with E-state index in [1.54, 1.807) is 12.1 Å². The van der Waals surface area contributed by atoms with Crippen LogP contribution in [-0.4, -0.2) is 79.2 Å². The van der Waals surface area contributed by atoms with Crippen molar-refractivity contribution in [3.05, 3.63) is 58.1 Å². The molecule has 2 aliphatic heterocycles. The number of ether oxygens (including phenoxy) is 1. The van der Waals surface area contributed by atoms with Crippen LogP contribution in [0.25, 0.3) is 0 Å². The van der Waals surface area contributed by atoms with Gasteiger partial charge in [0.25, 0.3) is 11.6 Å². The normalized spacial score (nSPS) is 15.8. The number of nitro benzene ring substituents is 1. The number of morpholine rings is 1. The molecule has 4 rings (SSSR count). The fraction of sp³-hybridized carbons (Fsp3) is 0.400. The van der Waals surface area contributed by atoms with Crippen molar-refractivity contribution in [1.29, 1.82) is 0 Å². The van der Waals surface area contributed by atoms with Crippen molar-refractivity contribution >= 4 is 51.9 Å². The van der Waals surface area contributed by atoms with Crippen LogP contribution >= 0.6 is 12.2 Å². The second-order valence-corrected chi connectivity index (χ2v) is 9.14. The molecular formula is C25H30N6O5S. The number of benzene rings is 2. The third-order valence-electron chi connectivity index (χ3n) is 6.44. The number of hydrogen-bond donors (Lipinski definition) is 2. The fourth-order valence-corrected chi connectivity index (χ4v) is 4.62. The highest BCUT2D eigenvalue weighted by molar-refractivity contribution is 7.80. The van der Waals surface area contributed by atoms with Gasteiger partial charge in [-0.2, -0.15) is 0 Å². The lowest BCUT2D eigenvalue weighted by Gasteiger charge is -2.36. The van der Waals surface area contributed by atoms with Crippen molar-refractivity contribution < 1.29 is 19.2 Å². The van der Waals surface area contributed by atoms with Crippen LogP contribution in [0.5, 0.6) is 0 Å². The molecule has 0 atom stereocenters. The van der Waals surface area contributed by atoms with Gasteiger partial charge in [-0.15, -0.1) is 0 Å². The summed E-state index contributed by atoms with van der Waals surface area (Å²) >= 11 is 5.28. The van der Waals surface area contributed by atoms with E-state index in [4.69, 9.17) is 17.0 Å². The summed E-state index contributed by atoms with van der Waals surface area (Å²) in [5.74, 6) is -0.359. The number of nitrogens with zero attached hydrogens (tertiary/aromatic N) is 4. The Hall–Kier alpha value is -3.77. The Labute approximate surface area is 220 Å². The number of rotatable bonds is 6. The van der Waals surface area contributed by atoms with Crippen molar-refractivity contribution in [2.75, 3.05) is 67.6 Å². The molecule has 2 N–H and O–H groups in total. The van der Waals surface area contributed by atoms with Gasteiger partial charge in [-0.1, -0.05) is 6.92 Å². The van der Waals surface area contributed by atoms with Crippen LogP contribution in [0.4, 0.5) is 22.7 Å². The van der Waals surface area contributed by atoms with E-state index in [0.29, 0.717) is 57.2 Å². The third-order valence-corrected chi connectivity index (χ3v) is 6.64. The molecule has 12 heteroatoms. The van der Waals surface area contributed by atoms with Crippen LogP contribution in [0.15, 0.2) is 42.5 Å². The summed E-state index contributed by atoms with van der Waals surface area (Å²) in [5, 5.41) is 17.3. The molecule has 2 aromatic carbocycles. The highest BCUT2D eigenvalue weighted by atomic mass is 32.1. The van der Waals surface area contributed by atoms with Crippen LogP contribution in [0, 0.1) is 10.1 Å². The molecule has 0 aromatic heterocycles. The smallest absolute Gasteiger partial charge is 0.293 e. The van der Waals surface area contributed by atoms with E-state index in [-0.39, 0.29) is 22.3 Å². The maximum absolute atomic E-state index is 12.7. The van der Waals surface area contributed by atoms with Gasteiger partial charge in [0.15, 0.2) is 5.11 Å².